The van der Waals surface area contributed by atoms with Gasteiger partial charge in [-0.1, -0.05) is 19.8 Å². The van der Waals surface area contributed by atoms with E-state index in [0.717, 1.165) is 13.0 Å². The summed E-state index contributed by atoms with van der Waals surface area (Å²) >= 11 is 0. The summed E-state index contributed by atoms with van der Waals surface area (Å²) in [7, 11) is 0. The molecule has 0 amide bonds. The smallest absolute Gasteiger partial charge is 0.0510 e. The van der Waals surface area contributed by atoms with Crippen molar-refractivity contribution in [2.45, 2.75) is 64.3 Å². The molecule has 82 valence electrons. The number of hydrogen-bond donors (Lipinski definition) is 1. The highest BCUT2D eigenvalue weighted by atomic mass is 14.8. The van der Waals surface area contributed by atoms with Gasteiger partial charge in [0, 0.05) is 5.71 Å². The summed E-state index contributed by atoms with van der Waals surface area (Å²) in [6, 6.07) is 0.512. The van der Waals surface area contributed by atoms with Crippen LogP contribution in [0, 0.1) is 0 Å². The van der Waals surface area contributed by atoms with Gasteiger partial charge in [-0.05, 0) is 45.1 Å². The monoisotopic (exact) mass is 196 g/mol. The molecular weight excluding hydrogens is 172 g/mol. The maximum Gasteiger partial charge on any atom is 0.0510 e. The van der Waals surface area contributed by atoms with Gasteiger partial charge < -0.3 is 5.73 Å². The molecular formula is C12H24N2. The minimum atomic E-state index is 0.512. The highest BCUT2D eigenvalue weighted by Gasteiger charge is 2.10. The van der Waals surface area contributed by atoms with Crippen LogP contribution >= 0.6 is 0 Å². The quantitative estimate of drug-likeness (QED) is 0.721. The SMILES string of the molecule is CCCC(CCN)N=C1CCCCC1. The van der Waals surface area contributed by atoms with Crippen LogP contribution in [0.5, 0.6) is 0 Å². The van der Waals surface area contributed by atoms with E-state index in [1.165, 1.54) is 50.7 Å². The van der Waals surface area contributed by atoms with E-state index in [4.69, 9.17) is 10.7 Å². The fourth-order valence-electron chi connectivity index (χ4n) is 2.15. The van der Waals surface area contributed by atoms with Crippen LogP contribution in [-0.2, 0) is 0 Å². The van der Waals surface area contributed by atoms with E-state index in [9.17, 15) is 0 Å². The molecule has 0 spiro atoms. The standard InChI is InChI=1S/C12H24N2/c1-2-6-11(9-10-13)14-12-7-4-3-5-8-12/h11H,2-10,13H2,1H3. The molecule has 2 nitrogen and oxygen atoms in total. The molecule has 14 heavy (non-hydrogen) atoms. The average Bonchev–Trinajstić information content (AvgIpc) is 2.20. The van der Waals surface area contributed by atoms with E-state index in [2.05, 4.69) is 6.92 Å². The minimum Gasteiger partial charge on any atom is -0.330 e. The highest BCUT2D eigenvalue weighted by molar-refractivity contribution is 5.85. The second-order valence-electron chi connectivity index (χ2n) is 4.28. The first kappa shape index (κ1) is 11.7. The fraction of sp³-hybridized carbons (Fsp3) is 0.917. The van der Waals surface area contributed by atoms with E-state index in [1.807, 2.05) is 0 Å². The lowest BCUT2D eigenvalue weighted by atomic mass is 9.97. The van der Waals surface area contributed by atoms with Crippen molar-refractivity contribution in [2.24, 2.45) is 10.7 Å². The Labute approximate surface area is 88.0 Å². The van der Waals surface area contributed by atoms with Crippen LogP contribution < -0.4 is 5.73 Å². The Morgan fingerprint density at radius 2 is 1.93 bits per heavy atom. The van der Waals surface area contributed by atoms with Gasteiger partial charge in [-0.15, -0.1) is 0 Å². The molecule has 2 N–H and O–H groups in total. The van der Waals surface area contributed by atoms with Crippen LogP contribution in [0.4, 0.5) is 0 Å². The summed E-state index contributed by atoms with van der Waals surface area (Å²) in [6.07, 6.45) is 10.1. The number of aliphatic imine (C=N–C) groups is 1. The number of hydrogen-bond acceptors (Lipinski definition) is 2. The van der Waals surface area contributed by atoms with Gasteiger partial charge >= 0.3 is 0 Å². The third kappa shape index (κ3) is 4.23. The van der Waals surface area contributed by atoms with Gasteiger partial charge in [-0.2, -0.15) is 0 Å². The Balaban J connectivity index is 2.41. The van der Waals surface area contributed by atoms with Crippen molar-refractivity contribution in [2.75, 3.05) is 6.54 Å². The maximum atomic E-state index is 5.60. The van der Waals surface area contributed by atoms with Crippen molar-refractivity contribution >= 4 is 5.71 Å². The normalized spacial score (nSPS) is 19.4. The lowest BCUT2D eigenvalue weighted by Crippen LogP contribution is -2.15. The Morgan fingerprint density at radius 1 is 1.21 bits per heavy atom. The van der Waals surface area contributed by atoms with Gasteiger partial charge in [-0.3, -0.25) is 4.99 Å². The van der Waals surface area contributed by atoms with E-state index < -0.39 is 0 Å². The van der Waals surface area contributed by atoms with Crippen molar-refractivity contribution < 1.29 is 0 Å². The molecule has 0 aliphatic heterocycles. The van der Waals surface area contributed by atoms with Crippen molar-refractivity contribution in [3.63, 3.8) is 0 Å². The highest BCUT2D eigenvalue weighted by Crippen LogP contribution is 2.17. The van der Waals surface area contributed by atoms with Crippen LogP contribution in [0.15, 0.2) is 4.99 Å². The molecule has 0 saturated heterocycles. The van der Waals surface area contributed by atoms with E-state index in [1.54, 1.807) is 0 Å². The lowest BCUT2D eigenvalue weighted by Gasteiger charge is -2.17. The van der Waals surface area contributed by atoms with Gasteiger partial charge in [0.25, 0.3) is 0 Å². The van der Waals surface area contributed by atoms with Gasteiger partial charge in [0.15, 0.2) is 0 Å². The molecule has 1 aliphatic rings. The molecule has 0 aromatic heterocycles. The first-order chi connectivity index (χ1) is 6.86. The third-order valence-electron chi connectivity index (χ3n) is 2.92. The zero-order chi connectivity index (χ0) is 10.2. The van der Waals surface area contributed by atoms with Crippen LogP contribution in [0.3, 0.4) is 0 Å². The van der Waals surface area contributed by atoms with Gasteiger partial charge in [0.05, 0.1) is 6.04 Å². The molecule has 1 aliphatic carbocycles. The Morgan fingerprint density at radius 3 is 2.50 bits per heavy atom. The zero-order valence-electron chi connectivity index (χ0n) is 9.47. The van der Waals surface area contributed by atoms with Crippen LogP contribution in [0.25, 0.3) is 0 Å². The minimum absolute atomic E-state index is 0.512. The Bertz CT molecular complexity index is 161. The van der Waals surface area contributed by atoms with Crippen LogP contribution in [-0.4, -0.2) is 18.3 Å². The number of nitrogens with two attached hydrogens (primary N) is 1. The topological polar surface area (TPSA) is 38.4 Å². The molecule has 0 heterocycles. The van der Waals surface area contributed by atoms with Crippen LogP contribution in [0.1, 0.15) is 58.3 Å². The van der Waals surface area contributed by atoms with Crippen LogP contribution in [0.2, 0.25) is 0 Å². The first-order valence-electron chi connectivity index (χ1n) is 6.12. The van der Waals surface area contributed by atoms with E-state index >= 15 is 0 Å². The van der Waals surface area contributed by atoms with Crippen molar-refractivity contribution in [1.29, 1.82) is 0 Å². The predicted molar refractivity (Wildman–Crippen MR) is 62.9 cm³/mol. The van der Waals surface area contributed by atoms with Gasteiger partial charge in [0.2, 0.25) is 0 Å². The largest absolute Gasteiger partial charge is 0.330 e. The fourth-order valence-corrected chi connectivity index (χ4v) is 2.15. The summed E-state index contributed by atoms with van der Waals surface area (Å²) in [4.78, 5) is 4.85. The summed E-state index contributed by atoms with van der Waals surface area (Å²) < 4.78 is 0. The number of nitrogens with zero attached hydrogens (tertiary/aromatic N) is 1. The molecule has 1 unspecified atom stereocenters. The zero-order valence-corrected chi connectivity index (χ0v) is 9.47. The Kier molecular flexibility index (Phi) is 5.85. The molecule has 1 atom stereocenters. The predicted octanol–water partition coefficient (Wildman–Crippen LogP) is 2.91. The van der Waals surface area contributed by atoms with Crippen molar-refractivity contribution in [3.05, 3.63) is 0 Å². The maximum absolute atomic E-state index is 5.60. The van der Waals surface area contributed by atoms with E-state index in [-0.39, 0.29) is 0 Å². The second kappa shape index (κ2) is 6.99. The summed E-state index contributed by atoms with van der Waals surface area (Å²) in [5, 5.41) is 0. The molecule has 1 saturated carbocycles. The Hall–Kier alpha value is -0.370. The molecule has 0 bridgehead atoms. The summed E-state index contributed by atoms with van der Waals surface area (Å²) in [5.41, 5.74) is 7.06. The van der Waals surface area contributed by atoms with E-state index in [0.29, 0.717) is 6.04 Å². The summed E-state index contributed by atoms with van der Waals surface area (Å²) in [6.45, 7) is 3.01. The second-order valence-corrected chi connectivity index (χ2v) is 4.28. The summed E-state index contributed by atoms with van der Waals surface area (Å²) in [5.74, 6) is 0. The molecule has 0 aromatic carbocycles. The van der Waals surface area contributed by atoms with Crippen molar-refractivity contribution in [3.8, 4) is 0 Å². The molecule has 2 heteroatoms. The van der Waals surface area contributed by atoms with Gasteiger partial charge in [-0.25, -0.2) is 0 Å². The van der Waals surface area contributed by atoms with Gasteiger partial charge in [0.1, 0.15) is 0 Å². The lowest BCUT2D eigenvalue weighted by molar-refractivity contribution is 0.560. The molecule has 1 fully saturated rings. The molecule has 1 rings (SSSR count). The van der Waals surface area contributed by atoms with Crippen molar-refractivity contribution in [1.82, 2.24) is 0 Å². The molecule has 0 aromatic rings. The average molecular weight is 196 g/mol. The first-order valence-corrected chi connectivity index (χ1v) is 6.12. The third-order valence-corrected chi connectivity index (χ3v) is 2.92. The number of rotatable bonds is 5. The molecule has 0 radical (unpaired) electrons.